The second-order valence-corrected chi connectivity index (χ2v) is 8.46. The summed E-state index contributed by atoms with van der Waals surface area (Å²) in [7, 11) is 3.10. The van der Waals surface area contributed by atoms with Crippen LogP contribution in [0.1, 0.15) is 27.2 Å². The summed E-state index contributed by atoms with van der Waals surface area (Å²) in [4.78, 5) is 28.9. The third-order valence-corrected chi connectivity index (χ3v) is 5.46. The van der Waals surface area contributed by atoms with Gasteiger partial charge in [-0.2, -0.15) is 4.80 Å². The second kappa shape index (κ2) is 12.0. The number of carbonyl (C=O) groups is 2. The van der Waals surface area contributed by atoms with Gasteiger partial charge in [-0.1, -0.05) is 32.0 Å². The third-order valence-electron chi connectivity index (χ3n) is 5.46. The molecule has 1 N–H and O–H groups in total. The van der Waals surface area contributed by atoms with Crippen molar-refractivity contribution in [1.29, 1.82) is 0 Å². The maximum absolute atomic E-state index is 13.4. The van der Waals surface area contributed by atoms with Gasteiger partial charge < -0.3 is 14.8 Å². The number of ether oxygens (including phenoxy) is 2. The molecule has 0 aliphatic carbocycles. The molecule has 2 aromatic carbocycles. The first-order valence-corrected chi connectivity index (χ1v) is 11.5. The van der Waals surface area contributed by atoms with E-state index in [1.807, 2.05) is 18.2 Å². The van der Waals surface area contributed by atoms with E-state index in [4.69, 9.17) is 9.47 Å². The van der Waals surface area contributed by atoms with E-state index >= 15 is 0 Å². The predicted octanol–water partition coefficient (Wildman–Crippen LogP) is 2.94. The molecule has 0 saturated carbocycles. The molecule has 0 unspecified atom stereocenters. The molecule has 10 nitrogen and oxygen atoms in total. The lowest BCUT2D eigenvalue weighted by atomic mass is 10.1. The molecular formula is C25H32N6O4. The number of carbonyl (C=O) groups excluding carboxylic acids is 2. The number of methoxy groups -OCH3 is 2. The number of amides is 2. The maximum atomic E-state index is 13.4. The normalized spacial score (nSPS) is 11.7. The molecule has 35 heavy (non-hydrogen) atoms. The topological polar surface area (TPSA) is 111 Å². The Morgan fingerprint density at radius 1 is 1.03 bits per heavy atom. The van der Waals surface area contributed by atoms with Crippen molar-refractivity contribution in [2.24, 2.45) is 5.92 Å². The second-order valence-electron chi connectivity index (χ2n) is 8.46. The lowest BCUT2D eigenvalue weighted by Crippen LogP contribution is -2.49. The summed E-state index contributed by atoms with van der Waals surface area (Å²) in [5.74, 6) is 1.36. The van der Waals surface area contributed by atoms with Crippen LogP contribution in [0.2, 0.25) is 0 Å². The van der Waals surface area contributed by atoms with Crippen LogP contribution in [0, 0.1) is 5.92 Å². The standard InChI is InChI=1S/C25H32N6O4/c1-17(2)13-14-26-25(33)18(3)31(20-9-7-6-8-10-20)23(32)16-30-28-24(27-29-30)19-11-12-21(34-4)22(15-19)35-5/h6-12,15,17-18H,13-14,16H2,1-5H3,(H,26,33)/t18-/m0/s1. The van der Waals surface area contributed by atoms with Crippen LogP contribution in [0.15, 0.2) is 48.5 Å². The molecule has 0 radical (unpaired) electrons. The molecule has 0 fully saturated rings. The first-order chi connectivity index (χ1) is 16.8. The van der Waals surface area contributed by atoms with Crippen LogP contribution in [0.5, 0.6) is 11.5 Å². The van der Waals surface area contributed by atoms with Crippen molar-refractivity contribution in [1.82, 2.24) is 25.5 Å². The van der Waals surface area contributed by atoms with E-state index in [0.29, 0.717) is 41.0 Å². The van der Waals surface area contributed by atoms with Crippen LogP contribution >= 0.6 is 0 Å². The van der Waals surface area contributed by atoms with Crippen molar-refractivity contribution in [3.8, 4) is 22.9 Å². The third kappa shape index (κ3) is 6.56. The Bertz CT molecular complexity index is 1130. The van der Waals surface area contributed by atoms with Gasteiger partial charge in [-0.15, -0.1) is 10.2 Å². The molecule has 3 rings (SSSR count). The Labute approximate surface area is 205 Å². The summed E-state index contributed by atoms with van der Waals surface area (Å²) in [6, 6.07) is 13.6. The Morgan fingerprint density at radius 3 is 2.40 bits per heavy atom. The van der Waals surface area contributed by atoms with E-state index in [-0.39, 0.29) is 18.4 Å². The van der Waals surface area contributed by atoms with Crippen molar-refractivity contribution in [2.45, 2.75) is 39.8 Å². The van der Waals surface area contributed by atoms with Gasteiger partial charge in [0.15, 0.2) is 11.5 Å². The number of nitrogens with zero attached hydrogens (tertiary/aromatic N) is 5. The lowest BCUT2D eigenvalue weighted by molar-refractivity contribution is -0.126. The van der Waals surface area contributed by atoms with Gasteiger partial charge >= 0.3 is 0 Å². The number of rotatable bonds is 11. The molecule has 0 aliphatic rings. The van der Waals surface area contributed by atoms with Crippen molar-refractivity contribution in [3.63, 3.8) is 0 Å². The minimum atomic E-state index is -0.717. The van der Waals surface area contributed by atoms with E-state index in [1.54, 1.807) is 51.5 Å². The highest BCUT2D eigenvalue weighted by Gasteiger charge is 2.28. The Balaban J connectivity index is 1.78. The summed E-state index contributed by atoms with van der Waals surface area (Å²) in [5.41, 5.74) is 1.28. The monoisotopic (exact) mass is 480 g/mol. The van der Waals surface area contributed by atoms with Gasteiger partial charge in [-0.05, 0) is 54.8 Å². The number of benzene rings is 2. The van der Waals surface area contributed by atoms with Gasteiger partial charge in [-0.25, -0.2) is 0 Å². The van der Waals surface area contributed by atoms with Crippen molar-refractivity contribution in [3.05, 3.63) is 48.5 Å². The Hall–Kier alpha value is -3.95. The first-order valence-electron chi connectivity index (χ1n) is 11.5. The Morgan fingerprint density at radius 2 is 1.74 bits per heavy atom. The molecule has 3 aromatic rings. The molecule has 2 amide bonds. The summed E-state index contributed by atoms with van der Waals surface area (Å²) >= 11 is 0. The fourth-order valence-electron chi connectivity index (χ4n) is 3.52. The van der Waals surface area contributed by atoms with E-state index in [2.05, 4.69) is 34.6 Å². The van der Waals surface area contributed by atoms with Crippen molar-refractivity contribution in [2.75, 3.05) is 25.7 Å². The van der Waals surface area contributed by atoms with Crippen LogP contribution in [-0.2, 0) is 16.1 Å². The van der Waals surface area contributed by atoms with E-state index in [0.717, 1.165) is 6.42 Å². The first kappa shape index (κ1) is 25.7. The molecule has 0 spiro atoms. The highest BCUT2D eigenvalue weighted by molar-refractivity contribution is 6.00. The minimum absolute atomic E-state index is 0.182. The average molecular weight is 481 g/mol. The summed E-state index contributed by atoms with van der Waals surface area (Å²) in [6.45, 7) is 6.27. The summed E-state index contributed by atoms with van der Waals surface area (Å²) in [6.07, 6.45) is 0.861. The quantitative estimate of drug-likeness (QED) is 0.449. The minimum Gasteiger partial charge on any atom is -0.493 e. The van der Waals surface area contributed by atoms with Crippen molar-refractivity contribution >= 4 is 17.5 Å². The number of hydrogen-bond acceptors (Lipinski definition) is 7. The van der Waals surface area contributed by atoms with Gasteiger partial charge in [0, 0.05) is 17.8 Å². The molecule has 0 saturated heterocycles. The SMILES string of the molecule is COc1ccc(-c2nnn(CC(=O)N(c3ccccc3)[C@@H](C)C(=O)NCCC(C)C)n2)cc1OC. The number of aromatic nitrogens is 4. The number of hydrogen-bond donors (Lipinski definition) is 1. The van der Waals surface area contributed by atoms with E-state index in [9.17, 15) is 9.59 Å². The van der Waals surface area contributed by atoms with Crippen molar-refractivity contribution < 1.29 is 19.1 Å². The number of anilines is 1. The smallest absolute Gasteiger partial charge is 0.251 e. The van der Waals surface area contributed by atoms with Crippen LogP contribution in [0.3, 0.4) is 0 Å². The zero-order chi connectivity index (χ0) is 25.4. The molecule has 1 aromatic heterocycles. The van der Waals surface area contributed by atoms with E-state index < -0.39 is 6.04 Å². The van der Waals surface area contributed by atoms with Gasteiger partial charge in [0.25, 0.3) is 5.91 Å². The van der Waals surface area contributed by atoms with Gasteiger partial charge in [0.2, 0.25) is 11.7 Å². The number of para-hydroxylation sites is 1. The molecule has 10 heteroatoms. The molecule has 1 heterocycles. The molecule has 0 bridgehead atoms. The molecule has 1 atom stereocenters. The molecule has 186 valence electrons. The largest absolute Gasteiger partial charge is 0.493 e. The van der Waals surface area contributed by atoms with Crippen LogP contribution in [0.4, 0.5) is 5.69 Å². The molecule has 0 aliphatic heterocycles. The fraction of sp³-hybridized carbons (Fsp3) is 0.400. The zero-order valence-corrected chi connectivity index (χ0v) is 20.8. The zero-order valence-electron chi connectivity index (χ0n) is 20.8. The van der Waals surface area contributed by atoms with Gasteiger partial charge in [0.1, 0.15) is 12.6 Å². The summed E-state index contributed by atoms with van der Waals surface area (Å²) < 4.78 is 10.6. The number of nitrogens with one attached hydrogen (secondary N) is 1. The van der Waals surface area contributed by atoms with Crippen LogP contribution in [0.25, 0.3) is 11.4 Å². The van der Waals surface area contributed by atoms with Gasteiger partial charge in [0.05, 0.1) is 14.2 Å². The average Bonchev–Trinajstić information content (AvgIpc) is 3.32. The maximum Gasteiger partial charge on any atom is 0.251 e. The highest BCUT2D eigenvalue weighted by atomic mass is 16.5. The van der Waals surface area contributed by atoms with Gasteiger partial charge in [-0.3, -0.25) is 14.5 Å². The lowest BCUT2D eigenvalue weighted by Gasteiger charge is -2.28. The summed E-state index contributed by atoms with van der Waals surface area (Å²) in [5, 5.41) is 15.4. The number of tetrazole rings is 1. The fourth-order valence-corrected chi connectivity index (χ4v) is 3.52. The predicted molar refractivity (Wildman–Crippen MR) is 132 cm³/mol. The van der Waals surface area contributed by atoms with Crippen LogP contribution in [-0.4, -0.2) is 58.8 Å². The van der Waals surface area contributed by atoms with E-state index in [1.165, 1.54) is 9.70 Å². The van der Waals surface area contributed by atoms with Crippen LogP contribution < -0.4 is 19.7 Å². The molecular weight excluding hydrogens is 448 g/mol. The highest BCUT2D eigenvalue weighted by Crippen LogP contribution is 2.30. The Kier molecular flexibility index (Phi) is 8.77.